The van der Waals surface area contributed by atoms with Crippen molar-refractivity contribution in [2.75, 3.05) is 13.2 Å². The Kier molecular flexibility index (Phi) is 6.78. The Bertz CT molecular complexity index is 1160. The van der Waals surface area contributed by atoms with Crippen LogP contribution in [-0.4, -0.2) is 64.6 Å². The minimum absolute atomic E-state index is 0.105. The van der Waals surface area contributed by atoms with Crippen molar-refractivity contribution in [1.82, 2.24) is 14.2 Å². The minimum atomic E-state index is -3.94. The molecule has 0 radical (unpaired) electrons. The molecule has 0 unspecified atom stereocenters. The number of amides is 1. The van der Waals surface area contributed by atoms with Gasteiger partial charge in [0.1, 0.15) is 5.60 Å². The van der Waals surface area contributed by atoms with E-state index in [4.69, 9.17) is 16.3 Å². The molecule has 1 saturated carbocycles. The molecule has 3 aliphatic rings. The summed E-state index contributed by atoms with van der Waals surface area (Å²) in [4.78, 5) is 19.1. The molecule has 2 aromatic rings. The number of aliphatic hydroxyl groups excluding tert-OH is 1. The van der Waals surface area contributed by atoms with Crippen LogP contribution in [0.3, 0.4) is 0 Å². The number of pyridine rings is 1. The molecule has 0 spiro atoms. The van der Waals surface area contributed by atoms with Crippen molar-refractivity contribution in [3.63, 3.8) is 0 Å². The molecule has 5 rings (SSSR count). The molecule has 188 valence electrons. The van der Waals surface area contributed by atoms with Crippen molar-refractivity contribution in [1.29, 1.82) is 0 Å². The molecule has 2 aliphatic heterocycles. The quantitative estimate of drug-likeness (QED) is 0.615. The molecule has 2 saturated heterocycles. The van der Waals surface area contributed by atoms with Gasteiger partial charge >= 0.3 is 6.09 Å². The maximum Gasteiger partial charge on any atom is 0.410 e. The second-order valence-electron chi connectivity index (χ2n) is 9.64. The molecule has 1 aromatic carbocycles. The zero-order valence-corrected chi connectivity index (χ0v) is 21.0. The number of carbonyl (C=O) groups is 1. The Morgan fingerprint density at radius 3 is 2.57 bits per heavy atom. The van der Waals surface area contributed by atoms with E-state index in [1.54, 1.807) is 39.8 Å². The van der Waals surface area contributed by atoms with Gasteiger partial charge in [-0.2, -0.15) is 4.31 Å². The maximum atomic E-state index is 14.1. The fourth-order valence-electron chi connectivity index (χ4n) is 5.55. The van der Waals surface area contributed by atoms with Crippen LogP contribution >= 0.6 is 11.6 Å². The number of aliphatic hydroxyl groups is 1. The van der Waals surface area contributed by atoms with Gasteiger partial charge in [-0.1, -0.05) is 17.7 Å². The van der Waals surface area contributed by atoms with Gasteiger partial charge < -0.3 is 14.7 Å². The molecule has 1 N–H and O–H groups in total. The van der Waals surface area contributed by atoms with E-state index in [-0.39, 0.29) is 17.5 Å². The van der Waals surface area contributed by atoms with Crippen molar-refractivity contribution in [2.45, 2.75) is 73.6 Å². The maximum absolute atomic E-state index is 14.1. The molecule has 1 aliphatic carbocycles. The van der Waals surface area contributed by atoms with E-state index in [9.17, 15) is 18.3 Å². The Labute approximate surface area is 210 Å². The zero-order valence-electron chi connectivity index (χ0n) is 19.4. The average molecular weight is 520 g/mol. The third-order valence-electron chi connectivity index (χ3n) is 7.49. The van der Waals surface area contributed by atoms with Crippen molar-refractivity contribution in [3.05, 3.63) is 59.4 Å². The van der Waals surface area contributed by atoms with Crippen molar-refractivity contribution < 1.29 is 23.1 Å². The molecule has 3 fully saturated rings. The molecule has 3 atom stereocenters. The van der Waals surface area contributed by atoms with E-state index in [1.807, 2.05) is 6.07 Å². The number of likely N-dealkylation sites (tertiary alicyclic amines) is 1. The summed E-state index contributed by atoms with van der Waals surface area (Å²) < 4.78 is 35.8. The first-order valence-corrected chi connectivity index (χ1v) is 14.0. The smallest absolute Gasteiger partial charge is 0.410 e. The minimum Gasteiger partial charge on any atom is -0.441 e. The third-order valence-corrected chi connectivity index (χ3v) is 9.67. The number of hydrogen-bond acceptors (Lipinski definition) is 6. The highest BCUT2D eigenvalue weighted by Crippen LogP contribution is 2.52. The lowest BCUT2D eigenvalue weighted by Gasteiger charge is -2.44. The summed E-state index contributed by atoms with van der Waals surface area (Å²) in [6, 6.07) is 8.72. The van der Waals surface area contributed by atoms with Crippen LogP contribution in [0.4, 0.5) is 4.79 Å². The molecule has 1 amide bonds. The largest absolute Gasteiger partial charge is 0.441 e. The standard InChI is InChI=1S/C25H30ClN3O5S/c26-19-8-10-21(11-9-19)35(32,33)29-22(18-4-2-14-27-16-18)6-1-7-23(29)25(12-13-25)34-24(31)28-15-3-5-20(28)17-30/h2,4,8-11,14,16,20,22-23,30H,1,3,5-7,12-13,15,17H2/t20-,22-,23+/m0/s1. The number of hydrogen-bond donors (Lipinski definition) is 1. The van der Waals surface area contributed by atoms with Crippen LogP contribution in [-0.2, 0) is 14.8 Å². The summed E-state index contributed by atoms with van der Waals surface area (Å²) in [5.41, 5.74) is -0.0585. The van der Waals surface area contributed by atoms with Crippen molar-refractivity contribution in [3.8, 4) is 0 Å². The number of ether oxygens (including phenoxy) is 1. The lowest BCUT2D eigenvalue weighted by Crippen LogP contribution is -2.54. The van der Waals surface area contributed by atoms with Crippen LogP contribution in [0.5, 0.6) is 0 Å². The number of benzene rings is 1. The molecule has 0 bridgehead atoms. The number of halogens is 1. The number of piperidine rings is 1. The van der Waals surface area contributed by atoms with Gasteiger partial charge in [0.2, 0.25) is 10.0 Å². The monoisotopic (exact) mass is 519 g/mol. The lowest BCUT2D eigenvalue weighted by molar-refractivity contribution is -0.0125. The average Bonchev–Trinajstić information content (AvgIpc) is 3.49. The molecule has 10 heteroatoms. The van der Waals surface area contributed by atoms with Gasteiger partial charge in [-0.05, 0) is 80.8 Å². The van der Waals surface area contributed by atoms with Crippen LogP contribution in [0.15, 0.2) is 53.7 Å². The van der Waals surface area contributed by atoms with Crippen molar-refractivity contribution in [2.24, 2.45) is 0 Å². The summed E-state index contributed by atoms with van der Waals surface area (Å²) in [6.07, 6.45) is 7.72. The summed E-state index contributed by atoms with van der Waals surface area (Å²) in [5.74, 6) is 0. The van der Waals surface area contributed by atoms with Gasteiger partial charge in [0.15, 0.2) is 0 Å². The Morgan fingerprint density at radius 1 is 1.14 bits per heavy atom. The Balaban J connectivity index is 1.51. The predicted octanol–water partition coefficient (Wildman–Crippen LogP) is 4.15. The van der Waals surface area contributed by atoms with E-state index in [0.717, 1.165) is 24.8 Å². The summed E-state index contributed by atoms with van der Waals surface area (Å²) >= 11 is 6.03. The molecule has 3 heterocycles. The molecular formula is C25H30ClN3O5S. The highest BCUT2D eigenvalue weighted by atomic mass is 35.5. The number of carbonyl (C=O) groups excluding carboxylic acids is 1. The van der Waals surface area contributed by atoms with Crippen LogP contribution in [0.25, 0.3) is 0 Å². The fraction of sp³-hybridized carbons (Fsp3) is 0.520. The fourth-order valence-corrected chi connectivity index (χ4v) is 7.59. The van der Waals surface area contributed by atoms with Gasteiger partial charge in [0, 0.05) is 24.0 Å². The second-order valence-corrected chi connectivity index (χ2v) is 11.9. The first-order chi connectivity index (χ1) is 16.9. The van der Waals surface area contributed by atoms with Gasteiger partial charge in [-0.3, -0.25) is 4.98 Å². The first kappa shape index (κ1) is 24.5. The molecular weight excluding hydrogens is 490 g/mol. The van der Waals surface area contributed by atoms with Crippen LogP contribution in [0.1, 0.15) is 56.6 Å². The lowest BCUT2D eigenvalue weighted by atomic mass is 9.90. The van der Waals surface area contributed by atoms with Crippen LogP contribution in [0.2, 0.25) is 5.02 Å². The Morgan fingerprint density at radius 2 is 1.91 bits per heavy atom. The number of rotatable bonds is 6. The zero-order chi connectivity index (χ0) is 24.6. The second kappa shape index (κ2) is 9.69. The highest BCUT2D eigenvalue weighted by Gasteiger charge is 2.60. The number of aromatic nitrogens is 1. The molecule has 1 aromatic heterocycles. The number of sulfonamides is 1. The van der Waals surface area contributed by atoms with E-state index in [0.29, 0.717) is 37.3 Å². The van der Waals surface area contributed by atoms with Crippen LogP contribution in [0, 0.1) is 0 Å². The van der Waals surface area contributed by atoms with E-state index < -0.39 is 33.8 Å². The number of nitrogens with zero attached hydrogens (tertiary/aromatic N) is 3. The van der Waals surface area contributed by atoms with Crippen LogP contribution < -0.4 is 0 Å². The topological polar surface area (TPSA) is 100 Å². The van der Waals surface area contributed by atoms with Gasteiger partial charge in [-0.25, -0.2) is 13.2 Å². The van der Waals surface area contributed by atoms with Gasteiger partial charge in [0.25, 0.3) is 0 Å². The Hall–Kier alpha value is -2.20. The van der Waals surface area contributed by atoms with Crippen molar-refractivity contribution >= 4 is 27.7 Å². The van der Waals surface area contributed by atoms with Gasteiger partial charge in [0.05, 0.1) is 29.6 Å². The highest BCUT2D eigenvalue weighted by molar-refractivity contribution is 7.89. The third kappa shape index (κ3) is 4.67. The predicted molar refractivity (Wildman–Crippen MR) is 130 cm³/mol. The van der Waals surface area contributed by atoms with E-state index >= 15 is 0 Å². The summed E-state index contributed by atoms with van der Waals surface area (Å²) in [6.45, 7) is 0.432. The van der Waals surface area contributed by atoms with Gasteiger partial charge in [-0.15, -0.1) is 0 Å². The molecule has 35 heavy (non-hydrogen) atoms. The summed E-state index contributed by atoms with van der Waals surface area (Å²) in [5, 5.41) is 10.1. The van der Waals surface area contributed by atoms with E-state index in [1.165, 1.54) is 12.1 Å². The molecule has 8 nitrogen and oxygen atoms in total. The summed E-state index contributed by atoms with van der Waals surface area (Å²) in [7, 11) is -3.94. The first-order valence-electron chi connectivity index (χ1n) is 12.2. The SMILES string of the molecule is O=C(OC1([C@H]2CCC[C@@H](c3cccnc3)N2S(=O)(=O)c2ccc(Cl)cc2)CC1)N1CCC[C@H]1CO. The normalized spacial score (nSPS) is 26.5. The van der Waals surface area contributed by atoms with E-state index in [2.05, 4.69) is 4.98 Å².